The maximum Gasteiger partial charge on any atom is 0.0558 e. The largest absolute Gasteiger partial charge is 0.395 e. The van der Waals surface area contributed by atoms with Crippen molar-refractivity contribution >= 4 is 0 Å². The van der Waals surface area contributed by atoms with Crippen molar-refractivity contribution in [3.8, 4) is 0 Å². The number of aliphatic hydroxyl groups is 2. The maximum atomic E-state index is 8.88. The molecule has 1 unspecified atom stereocenters. The van der Waals surface area contributed by atoms with Crippen LogP contribution in [0, 0.1) is 0 Å². The summed E-state index contributed by atoms with van der Waals surface area (Å²) in [6, 6.07) is 0. The highest BCUT2D eigenvalue weighted by Gasteiger charge is 1.99. The van der Waals surface area contributed by atoms with Crippen molar-refractivity contribution in [2.75, 3.05) is 26.7 Å². The fourth-order valence-electron chi connectivity index (χ4n) is 0.690. The summed E-state index contributed by atoms with van der Waals surface area (Å²) in [5.41, 5.74) is 0. The highest BCUT2D eigenvalue weighted by atomic mass is 16.3. The lowest BCUT2D eigenvalue weighted by molar-refractivity contribution is 0.154. The van der Waals surface area contributed by atoms with Crippen molar-refractivity contribution in [3.63, 3.8) is 0 Å². The summed E-state index contributed by atoms with van der Waals surface area (Å²) >= 11 is 0. The molecule has 0 bridgehead atoms. The van der Waals surface area contributed by atoms with E-state index in [0.717, 1.165) is 13.0 Å². The maximum absolute atomic E-state index is 8.88. The third kappa shape index (κ3) is 6.01. The van der Waals surface area contributed by atoms with Gasteiger partial charge in [0.1, 0.15) is 0 Å². The average molecular weight is 147 g/mol. The van der Waals surface area contributed by atoms with Crippen LogP contribution in [0.2, 0.25) is 0 Å². The molecule has 0 heterocycles. The molecular weight excluding hydrogens is 130 g/mol. The van der Waals surface area contributed by atoms with Crippen molar-refractivity contribution in [3.05, 3.63) is 0 Å². The first-order valence-corrected chi connectivity index (χ1v) is 3.64. The van der Waals surface area contributed by atoms with Crippen LogP contribution in [0.25, 0.3) is 0 Å². The molecule has 0 saturated carbocycles. The molecule has 3 heteroatoms. The average Bonchev–Trinajstić information content (AvgIpc) is 1.85. The second kappa shape index (κ2) is 5.65. The molecule has 0 aliphatic heterocycles. The molecule has 0 aromatic rings. The van der Waals surface area contributed by atoms with Crippen molar-refractivity contribution in [2.45, 2.75) is 19.4 Å². The van der Waals surface area contributed by atoms with Gasteiger partial charge < -0.3 is 15.1 Å². The monoisotopic (exact) mass is 147 g/mol. The summed E-state index contributed by atoms with van der Waals surface area (Å²) in [5, 5.41) is 17.4. The smallest absolute Gasteiger partial charge is 0.0558 e. The minimum absolute atomic E-state index is 0.191. The summed E-state index contributed by atoms with van der Waals surface area (Å²) in [6.45, 7) is 3.49. The van der Waals surface area contributed by atoms with E-state index < -0.39 is 0 Å². The summed E-state index contributed by atoms with van der Waals surface area (Å²) in [7, 11) is 1.93. The Morgan fingerprint density at radius 3 is 2.40 bits per heavy atom. The van der Waals surface area contributed by atoms with Crippen LogP contribution in [0.4, 0.5) is 0 Å². The Labute approximate surface area is 62.3 Å². The first kappa shape index (κ1) is 9.88. The van der Waals surface area contributed by atoms with Gasteiger partial charge in [-0.25, -0.2) is 0 Å². The van der Waals surface area contributed by atoms with Crippen molar-refractivity contribution < 1.29 is 10.2 Å². The highest BCUT2D eigenvalue weighted by Crippen LogP contribution is 1.91. The van der Waals surface area contributed by atoms with Gasteiger partial charge in [-0.3, -0.25) is 0 Å². The van der Waals surface area contributed by atoms with E-state index in [-0.39, 0.29) is 12.7 Å². The molecular formula is C7H17NO2. The van der Waals surface area contributed by atoms with Crippen molar-refractivity contribution in [1.29, 1.82) is 0 Å². The van der Waals surface area contributed by atoms with Crippen LogP contribution in [0.3, 0.4) is 0 Å². The molecule has 0 rings (SSSR count). The van der Waals surface area contributed by atoms with Gasteiger partial charge in [0.25, 0.3) is 0 Å². The van der Waals surface area contributed by atoms with Gasteiger partial charge >= 0.3 is 0 Å². The summed E-state index contributed by atoms with van der Waals surface area (Å²) in [4.78, 5) is 1.99. The van der Waals surface area contributed by atoms with Gasteiger partial charge in [0.2, 0.25) is 0 Å². The standard InChI is InChI=1S/C7H17NO2/c1-7(10)3-4-8(2)5-6-9/h7,9-10H,3-6H2,1-2H3. The van der Waals surface area contributed by atoms with Crippen LogP contribution >= 0.6 is 0 Å². The third-order valence-corrected chi connectivity index (χ3v) is 1.41. The fourth-order valence-corrected chi connectivity index (χ4v) is 0.690. The van der Waals surface area contributed by atoms with Gasteiger partial charge in [-0.15, -0.1) is 0 Å². The fraction of sp³-hybridized carbons (Fsp3) is 1.00. The number of hydrogen-bond donors (Lipinski definition) is 2. The Balaban J connectivity index is 3.12. The van der Waals surface area contributed by atoms with Crippen LogP contribution in [-0.2, 0) is 0 Å². The van der Waals surface area contributed by atoms with E-state index in [1.165, 1.54) is 0 Å². The molecule has 2 N–H and O–H groups in total. The second-order valence-corrected chi connectivity index (χ2v) is 2.66. The molecule has 3 nitrogen and oxygen atoms in total. The van der Waals surface area contributed by atoms with Crippen LogP contribution in [0.5, 0.6) is 0 Å². The van der Waals surface area contributed by atoms with Crippen molar-refractivity contribution in [2.24, 2.45) is 0 Å². The summed E-state index contributed by atoms with van der Waals surface area (Å²) in [5.74, 6) is 0. The van der Waals surface area contributed by atoms with E-state index in [9.17, 15) is 0 Å². The lowest BCUT2D eigenvalue weighted by atomic mass is 10.3. The molecule has 0 aliphatic rings. The lowest BCUT2D eigenvalue weighted by Gasteiger charge is -2.15. The zero-order valence-electron chi connectivity index (χ0n) is 6.75. The minimum Gasteiger partial charge on any atom is -0.395 e. The normalized spacial score (nSPS) is 14.1. The van der Waals surface area contributed by atoms with Crippen molar-refractivity contribution in [1.82, 2.24) is 4.90 Å². The van der Waals surface area contributed by atoms with E-state index in [4.69, 9.17) is 10.2 Å². The molecule has 0 fully saturated rings. The molecule has 1 atom stereocenters. The van der Waals surface area contributed by atoms with E-state index in [1.54, 1.807) is 6.92 Å². The molecule has 62 valence electrons. The molecule has 0 amide bonds. The van der Waals surface area contributed by atoms with Gasteiger partial charge in [0.15, 0.2) is 0 Å². The molecule has 0 spiro atoms. The van der Waals surface area contributed by atoms with Gasteiger partial charge in [-0.2, -0.15) is 0 Å². The quantitative estimate of drug-likeness (QED) is 0.560. The van der Waals surface area contributed by atoms with Crippen LogP contribution in [0.1, 0.15) is 13.3 Å². The highest BCUT2D eigenvalue weighted by molar-refractivity contribution is 4.53. The van der Waals surface area contributed by atoms with Crippen LogP contribution in [0.15, 0.2) is 0 Å². The predicted octanol–water partition coefficient (Wildman–Crippen LogP) is -0.319. The zero-order chi connectivity index (χ0) is 7.98. The van der Waals surface area contributed by atoms with Gasteiger partial charge in [0.05, 0.1) is 12.7 Å². The lowest BCUT2D eigenvalue weighted by Crippen LogP contribution is -2.25. The summed E-state index contributed by atoms with van der Waals surface area (Å²) in [6.07, 6.45) is 0.539. The predicted molar refractivity (Wildman–Crippen MR) is 40.9 cm³/mol. The van der Waals surface area contributed by atoms with Gasteiger partial charge in [0, 0.05) is 13.1 Å². The third-order valence-electron chi connectivity index (χ3n) is 1.41. The number of likely N-dealkylation sites (N-methyl/N-ethyl adjacent to an activating group) is 1. The molecule has 0 aromatic heterocycles. The first-order valence-electron chi connectivity index (χ1n) is 3.64. The summed E-state index contributed by atoms with van der Waals surface area (Å²) < 4.78 is 0. The van der Waals surface area contributed by atoms with Gasteiger partial charge in [-0.05, 0) is 20.4 Å². The molecule has 0 saturated heterocycles. The molecule has 0 radical (unpaired) electrons. The SMILES string of the molecule is CC(O)CCN(C)CCO. The number of aliphatic hydroxyl groups excluding tert-OH is 2. The first-order chi connectivity index (χ1) is 4.66. The van der Waals surface area contributed by atoms with Crippen LogP contribution in [-0.4, -0.2) is 48.0 Å². The molecule has 0 aliphatic carbocycles. The number of hydrogen-bond acceptors (Lipinski definition) is 3. The van der Waals surface area contributed by atoms with E-state index >= 15 is 0 Å². The number of rotatable bonds is 5. The Hall–Kier alpha value is -0.120. The molecule has 10 heavy (non-hydrogen) atoms. The Morgan fingerprint density at radius 2 is 2.00 bits per heavy atom. The van der Waals surface area contributed by atoms with Gasteiger partial charge in [-0.1, -0.05) is 0 Å². The van der Waals surface area contributed by atoms with E-state index in [1.807, 2.05) is 11.9 Å². The second-order valence-electron chi connectivity index (χ2n) is 2.66. The Bertz CT molecular complexity index is 76.0. The number of nitrogens with zero attached hydrogens (tertiary/aromatic N) is 1. The Morgan fingerprint density at radius 1 is 1.40 bits per heavy atom. The molecule has 0 aromatic carbocycles. The zero-order valence-corrected chi connectivity index (χ0v) is 6.75. The topological polar surface area (TPSA) is 43.7 Å². The van der Waals surface area contributed by atoms with E-state index in [0.29, 0.717) is 6.54 Å². The minimum atomic E-state index is -0.235. The van der Waals surface area contributed by atoms with E-state index in [2.05, 4.69) is 0 Å². The Kier molecular flexibility index (Phi) is 5.58. The van der Waals surface area contributed by atoms with Crippen LogP contribution < -0.4 is 0 Å².